The van der Waals surface area contributed by atoms with E-state index >= 15 is 0 Å². The molecule has 5 heteroatoms. The van der Waals surface area contributed by atoms with Crippen molar-refractivity contribution in [1.82, 2.24) is 10.3 Å². The summed E-state index contributed by atoms with van der Waals surface area (Å²) < 4.78 is 0. The molecule has 1 aromatic heterocycles. The van der Waals surface area contributed by atoms with Gasteiger partial charge in [0.25, 0.3) is 5.91 Å². The van der Waals surface area contributed by atoms with E-state index < -0.39 is 5.97 Å². The van der Waals surface area contributed by atoms with Crippen molar-refractivity contribution in [3.05, 3.63) is 36.0 Å². The van der Waals surface area contributed by atoms with Crippen molar-refractivity contribution < 1.29 is 14.7 Å². The number of nitrogens with one attached hydrogen (secondary N) is 2. The molecule has 0 fully saturated rings. The fourth-order valence-corrected chi connectivity index (χ4v) is 1.97. The maximum Gasteiger partial charge on any atom is 0.305 e. The zero-order valence-electron chi connectivity index (χ0n) is 10.6. The van der Waals surface area contributed by atoms with E-state index in [9.17, 15) is 9.59 Å². The summed E-state index contributed by atoms with van der Waals surface area (Å²) >= 11 is 0. The first kappa shape index (κ1) is 13.1. The van der Waals surface area contributed by atoms with E-state index in [1.54, 1.807) is 12.1 Å². The largest absolute Gasteiger partial charge is 0.481 e. The Morgan fingerprint density at radius 3 is 2.84 bits per heavy atom. The van der Waals surface area contributed by atoms with Gasteiger partial charge in [-0.25, -0.2) is 0 Å². The van der Waals surface area contributed by atoms with E-state index in [4.69, 9.17) is 5.11 Å². The molecule has 1 amide bonds. The Morgan fingerprint density at radius 2 is 2.16 bits per heavy atom. The predicted octanol–water partition coefficient (Wildman–Crippen LogP) is 2.15. The second kappa shape index (κ2) is 5.56. The standard InChI is InChI=1S/C14H16N2O3/c1-2-11(8-13(17)18)16-14(19)10-3-4-12-9(7-10)5-6-15-12/h3-7,11,15H,2,8H2,1H3,(H,16,19)(H,17,18). The zero-order chi connectivity index (χ0) is 13.8. The Hall–Kier alpha value is -2.30. The summed E-state index contributed by atoms with van der Waals surface area (Å²) in [4.78, 5) is 25.8. The second-order valence-electron chi connectivity index (χ2n) is 4.46. The minimum absolute atomic E-state index is 0.0609. The number of hydrogen-bond donors (Lipinski definition) is 3. The first-order valence-corrected chi connectivity index (χ1v) is 6.20. The number of carbonyl (C=O) groups excluding carboxylic acids is 1. The van der Waals surface area contributed by atoms with Crippen LogP contribution >= 0.6 is 0 Å². The molecule has 1 atom stereocenters. The molecule has 19 heavy (non-hydrogen) atoms. The van der Waals surface area contributed by atoms with Crippen molar-refractivity contribution in [3.63, 3.8) is 0 Å². The summed E-state index contributed by atoms with van der Waals surface area (Å²) in [7, 11) is 0. The summed E-state index contributed by atoms with van der Waals surface area (Å²) in [5, 5.41) is 12.5. The van der Waals surface area contributed by atoms with Gasteiger partial charge in [-0.3, -0.25) is 9.59 Å². The molecule has 100 valence electrons. The molecule has 0 saturated carbocycles. The Morgan fingerprint density at radius 1 is 1.37 bits per heavy atom. The number of amides is 1. The van der Waals surface area contributed by atoms with Gasteiger partial charge in [0.15, 0.2) is 0 Å². The second-order valence-corrected chi connectivity index (χ2v) is 4.46. The Bertz CT molecular complexity index is 604. The van der Waals surface area contributed by atoms with E-state index in [-0.39, 0.29) is 18.4 Å². The summed E-state index contributed by atoms with van der Waals surface area (Å²) in [6, 6.07) is 6.89. The number of carboxylic acids is 1. The number of benzene rings is 1. The molecule has 1 unspecified atom stereocenters. The molecule has 1 heterocycles. The van der Waals surface area contributed by atoms with Crippen LogP contribution in [0.5, 0.6) is 0 Å². The summed E-state index contributed by atoms with van der Waals surface area (Å²) in [5.74, 6) is -1.15. The highest BCUT2D eigenvalue weighted by atomic mass is 16.4. The van der Waals surface area contributed by atoms with Crippen molar-refractivity contribution in [3.8, 4) is 0 Å². The first-order chi connectivity index (χ1) is 9.10. The van der Waals surface area contributed by atoms with Crippen molar-refractivity contribution in [2.24, 2.45) is 0 Å². The lowest BCUT2D eigenvalue weighted by Gasteiger charge is -2.14. The monoisotopic (exact) mass is 260 g/mol. The van der Waals surface area contributed by atoms with Crippen molar-refractivity contribution >= 4 is 22.8 Å². The minimum Gasteiger partial charge on any atom is -0.481 e. The summed E-state index contributed by atoms with van der Waals surface area (Å²) in [5.41, 5.74) is 1.50. The third-order valence-corrected chi connectivity index (χ3v) is 3.06. The number of aromatic nitrogens is 1. The number of carbonyl (C=O) groups is 2. The van der Waals surface area contributed by atoms with Crippen LogP contribution in [0.3, 0.4) is 0 Å². The fraction of sp³-hybridized carbons (Fsp3) is 0.286. The van der Waals surface area contributed by atoms with E-state index in [2.05, 4.69) is 10.3 Å². The van der Waals surface area contributed by atoms with Crippen molar-refractivity contribution in [1.29, 1.82) is 0 Å². The Balaban J connectivity index is 2.11. The molecular formula is C14H16N2O3. The maximum atomic E-state index is 12.0. The molecule has 0 aliphatic carbocycles. The van der Waals surface area contributed by atoms with E-state index in [0.29, 0.717) is 12.0 Å². The average Bonchev–Trinajstić information content (AvgIpc) is 2.84. The lowest BCUT2D eigenvalue weighted by molar-refractivity contribution is -0.137. The minimum atomic E-state index is -0.909. The molecule has 0 bridgehead atoms. The molecule has 0 aliphatic rings. The number of carboxylic acid groups (broad SMARTS) is 1. The Kier molecular flexibility index (Phi) is 3.85. The average molecular weight is 260 g/mol. The summed E-state index contributed by atoms with van der Waals surface area (Å²) in [6.45, 7) is 1.85. The smallest absolute Gasteiger partial charge is 0.305 e. The van der Waals surface area contributed by atoms with Crippen LogP contribution in [0.4, 0.5) is 0 Å². The van der Waals surface area contributed by atoms with Gasteiger partial charge in [-0.05, 0) is 30.7 Å². The molecule has 0 radical (unpaired) electrons. The van der Waals surface area contributed by atoms with Crippen LogP contribution < -0.4 is 5.32 Å². The van der Waals surface area contributed by atoms with Gasteiger partial charge in [0.1, 0.15) is 0 Å². The van der Waals surface area contributed by atoms with Crippen LogP contribution in [0.1, 0.15) is 30.1 Å². The molecule has 3 N–H and O–H groups in total. The normalized spacial score (nSPS) is 12.3. The van der Waals surface area contributed by atoms with Gasteiger partial charge in [0.05, 0.1) is 6.42 Å². The van der Waals surface area contributed by atoms with Gasteiger partial charge in [0.2, 0.25) is 0 Å². The highest BCUT2D eigenvalue weighted by Crippen LogP contribution is 2.14. The third kappa shape index (κ3) is 3.13. The van der Waals surface area contributed by atoms with Crippen molar-refractivity contribution in [2.75, 3.05) is 0 Å². The molecule has 0 aliphatic heterocycles. The molecule has 2 aromatic rings. The van der Waals surface area contributed by atoms with Gasteiger partial charge < -0.3 is 15.4 Å². The van der Waals surface area contributed by atoms with Gasteiger partial charge in [-0.15, -0.1) is 0 Å². The van der Waals surface area contributed by atoms with Crippen LogP contribution in [0, 0.1) is 0 Å². The number of fused-ring (bicyclic) bond motifs is 1. The highest BCUT2D eigenvalue weighted by Gasteiger charge is 2.15. The molecule has 2 rings (SSSR count). The first-order valence-electron chi connectivity index (χ1n) is 6.20. The van der Waals surface area contributed by atoms with Crippen LogP contribution in [-0.4, -0.2) is 28.0 Å². The van der Waals surface area contributed by atoms with Gasteiger partial charge in [0, 0.05) is 28.7 Å². The lowest BCUT2D eigenvalue weighted by Crippen LogP contribution is -2.35. The number of aliphatic carboxylic acids is 1. The van der Waals surface area contributed by atoms with E-state index in [0.717, 1.165) is 10.9 Å². The van der Waals surface area contributed by atoms with Gasteiger partial charge in [-0.1, -0.05) is 6.92 Å². The van der Waals surface area contributed by atoms with Gasteiger partial charge in [-0.2, -0.15) is 0 Å². The van der Waals surface area contributed by atoms with Crippen LogP contribution in [0.15, 0.2) is 30.5 Å². The Labute approximate surface area is 110 Å². The van der Waals surface area contributed by atoms with E-state index in [1.165, 1.54) is 0 Å². The lowest BCUT2D eigenvalue weighted by atomic mass is 10.1. The van der Waals surface area contributed by atoms with Crippen LogP contribution in [0.25, 0.3) is 10.9 Å². The molecule has 5 nitrogen and oxygen atoms in total. The van der Waals surface area contributed by atoms with Crippen LogP contribution in [-0.2, 0) is 4.79 Å². The molecule has 1 aromatic carbocycles. The number of H-pyrrole nitrogens is 1. The predicted molar refractivity (Wildman–Crippen MR) is 72.1 cm³/mol. The maximum absolute atomic E-state index is 12.0. The van der Waals surface area contributed by atoms with E-state index in [1.807, 2.05) is 25.3 Å². The fourth-order valence-electron chi connectivity index (χ4n) is 1.97. The number of hydrogen-bond acceptors (Lipinski definition) is 2. The molecule has 0 saturated heterocycles. The highest BCUT2D eigenvalue weighted by molar-refractivity contribution is 5.98. The van der Waals surface area contributed by atoms with Crippen LogP contribution in [0.2, 0.25) is 0 Å². The third-order valence-electron chi connectivity index (χ3n) is 3.06. The summed E-state index contributed by atoms with van der Waals surface area (Å²) in [6.07, 6.45) is 2.34. The zero-order valence-corrected chi connectivity index (χ0v) is 10.6. The number of aromatic amines is 1. The molecule has 0 spiro atoms. The number of rotatable bonds is 5. The quantitative estimate of drug-likeness (QED) is 0.770. The topological polar surface area (TPSA) is 82.2 Å². The molecular weight excluding hydrogens is 244 g/mol. The SMILES string of the molecule is CCC(CC(=O)O)NC(=O)c1ccc2[nH]ccc2c1. The van der Waals surface area contributed by atoms with Gasteiger partial charge >= 0.3 is 5.97 Å². The van der Waals surface area contributed by atoms with Crippen molar-refractivity contribution in [2.45, 2.75) is 25.8 Å².